The molecule has 5 heteroatoms. The van der Waals surface area contributed by atoms with Crippen molar-refractivity contribution in [3.63, 3.8) is 0 Å². The first-order chi connectivity index (χ1) is 7.04. The maximum atomic E-state index is 11.5. The minimum Gasteiger partial charge on any atom is -0.337 e. The van der Waals surface area contributed by atoms with Crippen molar-refractivity contribution in [1.29, 1.82) is 0 Å². The first kappa shape index (κ1) is 11.7. The number of amides is 1. The summed E-state index contributed by atoms with van der Waals surface area (Å²) in [4.78, 5) is 15.7. The van der Waals surface area contributed by atoms with Crippen molar-refractivity contribution < 1.29 is 4.79 Å². The van der Waals surface area contributed by atoms with Crippen LogP contribution in [0.3, 0.4) is 0 Å². The Morgan fingerprint density at radius 3 is 2.87 bits per heavy atom. The number of nitrogens with one attached hydrogen (secondary N) is 1. The lowest BCUT2D eigenvalue weighted by molar-refractivity contribution is 0.0943. The molecular weight excluding hydrogens is 210 g/mol. The first-order valence-corrected chi connectivity index (χ1v) is 5.40. The van der Waals surface area contributed by atoms with Gasteiger partial charge in [0, 0.05) is 5.38 Å². The van der Waals surface area contributed by atoms with E-state index >= 15 is 0 Å². The van der Waals surface area contributed by atoms with Gasteiger partial charge in [-0.3, -0.25) is 4.79 Å². The normalized spacial score (nSPS) is 14.0. The molecule has 0 spiro atoms. The first-order valence-electron chi connectivity index (χ1n) is 4.52. The molecule has 0 fully saturated rings. The van der Waals surface area contributed by atoms with Gasteiger partial charge in [-0.1, -0.05) is 5.92 Å². The van der Waals surface area contributed by atoms with Gasteiger partial charge in [-0.05, 0) is 13.8 Å². The van der Waals surface area contributed by atoms with Crippen LogP contribution in [0.25, 0.3) is 0 Å². The molecule has 1 aromatic rings. The van der Waals surface area contributed by atoms with Crippen LogP contribution >= 0.6 is 11.3 Å². The van der Waals surface area contributed by atoms with E-state index in [1.165, 1.54) is 11.3 Å². The standard InChI is InChI=1S/C10H13N3OS/c1-4-6(2)12-9(14)8-5-15-10(13-8)7(3)11/h1,5-7H,11H2,2-3H3,(H,12,14). The van der Waals surface area contributed by atoms with Crippen molar-refractivity contribution in [1.82, 2.24) is 10.3 Å². The van der Waals surface area contributed by atoms with Crippen LogP contribution < -0.4 is 11.1 Å². The van der Waals surface area contributed by atoms with Crippen molar-refractivity contribution in [2.24, 2.45) is 5.73 Å². The third kappa shape index (κ3) is 3.05. The Hall–Kier alpha value is -1.38. The summed E-state index contributed by atoms with van der Waals surface area (Å²) < 4.78 is 0. The summed E-state index contributed by atoms with van der Waals surface area (Å²) in [5, 5.41) is 5.05. The maximum Gasteiger partial charge on any atom is 0.271 e. The number of hydrogen-bond acceptors (Lipinski definition) is 4. The van der Waals surface area contributed by atoms with Gasteiger partial charge in [0.15, 0.2) is 0 Å². The molecular formula is C10H13N3OS. The minimum absolute atomic E-state index is 0.151. The van der Waals surface area contributed by atoms with Gasteiger partial charge in [0.2, 0.25) is 0 Å². The number of hydrogen-bond donors (Lipinski definition) is 2. The molecule has 1 rings (SSSR count). The summed E-state index contributed by atoms with van der Waals surface area (Å²) in [7, 11) is 0. The Morgan fingerprint density at radius 2 is 2.40 bits per heavy atom. The molecule has 0 bridgehead atoms. The summed E-state index contributed by atoms with van der Waals surface area (Å²) in [6.45, 7) is 3.56. The monoisotopic (exact) mass is 223 g/mol. The average Bonchev–Trinajstić information content (AvgIpc) is 2.66. The van der Waals surface area contributed by atoms with Crippen LogP contribution in [0.1, 0.15) is 35.4 Å². The number of carbonyl (C=O) groups is 1. The summed E-state index contributed by atoms with van der Waals surface area (Å²) in [5.74, 6) is 2.15. The van der Waals surface area contributed by atoms with Gasteiger partial charge in [-0.2, -0.15) is 0 Å². The molecule has 0 radical (unpaired) electrons. The number of carbonyl (C=O) groups excluding carboxylic acids is 1. The second-order valence-corrected chi connectivity index (χ2v) is 4.11. The highest BCUT2D eigenvalue weighted by Gasteiger charge is 2.13. The number of aromatic nitrogens is 1. The second kappa shape index (κ2) is 4.91. The van der Waals surface area contributed by atoms with Crippen LogP contribution in [-0.4, -0.2) is 16.9 Å². The molecule has 1 amide bonds. The van der Waals surface area contributed by atoms with Crippen molar-refractivity contribution in [3.8, 4) is 12.3 Å². The van der Waals surface area contributed by atoms with Crippen molar-refractivity contribution in [3.05, 3.63) is 16.1 Å². The van der Waals surface area contributed by atoms with E-state index in [1.54, 1.807) is 12.3 Å². The highest BCUT2D eigenvalue weighted by molar-refractivity contribution is 7.09. The molecule has 0 aliphatic carbocycles. The van der Waals surface area contributed by atoms with Gasteiger partial charge >= 0.3 is 0 Å². The Kier molecular flexibility index (Phi) is 3.83. The molecule has 4 nitrogen and oxygen atoms in total. The number of nitrogens with zero attached hydrogens (tertiary/aromatic N) is 1. The van der Waals surface area contributed by atoms with Gasteiger partial charge in [-0.25, -0.2) is 4.98 Å². The van der Waals surface area contributed by atoms with E-state index in [0.717, 1.165) is 5.01 Å². The van der Waals surface area contributed by atoms with Crippen LogP contribution in [0.15, 0.2) is 5.38 Å². The zero-order valence-corrected chi connectivity index (χ0v) is 9.47. The van der Waals surface area contributed by atoms with Gasteiger partial charge in [0.1, 0.15) is 10.7 Å². The molecule has 0 aromatic carbocycles. The molecule has 15 heavy (non-hydrogen) atoms. The zero-order chi connectivity index (χ0) is 11.4. The SMILES string of the molecule is C#CC(C)NC(=O)c1csc(C(C)N)n1. The summed E-state index contributed by atoms with van der Waals surface area (Å²) in [5.41, 5.74) is 6.01. The quantitative estimate of drug-likeness (QED) is 0.748. The molecule has 0 aliphatic heterocycles. The minimum atomic E-state index is -0.294. The highest BCUT2D eigenvalue weighted by Crippen LogP contribution is 2.15. The van der Waals surface area contributed by atoms with Crippen LogP contribution in [0.2, 0.25) is 0 Å². The number of rotatable bonds is 3. The highest BCUT2D eigenvalue weighted by atomic mass is 32.1. The lowest BCUT2D eigenvalue weighted by atomic mass is 10.3. The molecule has 2 unspecified atom stereocenters. The predicted molar refractivity (Wildman–Crippen MR) is 60.5 cm³/mol. The molecule has 0 saturated heterocycles. The number of terminal acetylenes is 1. The lowest BCUT2D eigenvalue weighted by Gasteiger charge is -2.04. The Balaban J connectivity index is 2.71. The van der Waals surface area contributed by atoms with E-state index in [-0.39, 0.29) is 18.0 Å². The third-order valence-corrected chi connectivity index (χ3v) is 2.79. The zero-order valence-electron chi connectivity index (χ0n) is 8.65. The summed E-state index contributed by atoms with van der Waals surface area (Å²) >= 11 is 1.37. The van der Waals surface area contributed by atoms with Crippen LogP contribution in [0.4, 0.5) is 0 Å². The van der Waals surface area contributed by atoms with Crippen LogP contribution in [0, 0.1) is 12.3 Å². The average molecular weight is 223 g/mol. The van der Waals surface area contributed by atoms with E-state index in [2.05, 4.69) is 16.2 Å². The lowest BCUT2D eigenvalue weighted by Crippen LogP contribution is -2.31. The summed E-state index contributed by atoms with van der Waals surface area (Å²) in [6, 6.07) is -0.445. The topological polar surface area (TPSA) is 68.0 Å². The van der Waals surface area contributed by atoms with Crippen molar-refractivity contribution in [2.45, 2.75) is 25.9 Å². The maximum absolute atomic E-state index is 11.5. The van der Waals surface area contributed by atoms with E-state index in [9.17, 15) is 4.79 Å². The Morgan fingerprint density at radius 1 is 1.73 bits per heavy atom. The van der Waals surface area contributed by atoms with Gasteiger partial charge < -0.3 is 11.1 Å². The second-order valence-electron chi connectivity index (χ2n) is 3.22. The van der Waals surface area contributed by atoms with E-state index < -0.39 is 0 Å². The fourth-order valence-electron chi connectivity index (χ4n) is 0.913. The fraction of sp³-hybridized carbons (Fsp3) is 0.400. The molecule has 3 N–H and O–H groups in total. The predicted octanol–water partition coefficient (Wildman–Crippen LogP) is 0.914. The smallest absolute Gasteiger partial charge is 0.271 e. The van der Waals surface area contributed by atoms with Gasteiger partial charge in [0.05, 0.1) is 12.1 Å². The van der Waals surface area contributed by atoms with Crippen molar-refractivity contribution >= 4 is 17.2 Å². The van der Waals surface area contributed by atoms with E-state index in [4.69, 9.17) is 12.2 Å². The van der Waals surface area contributed by atoms with Gasteiger partial charge in [-0.15, -0.1) is 17.8 Å². The van der Waals surface area contributed by atoms with Crippen LogP contribution in [-0.2, 0) is 0 Å². The molecule has 80 valence electrons. The molecule has 1 aromatic heterocycles. The molecule has 2 atom stereocenters. The van der Waals surface area contributed by atoms with E-state index in [0.29, 0.717) is 5.69 Å². The molecule has 0 aliphatic rings. The largest absolute Gasteiger partial charge is 0.337 e. The number of thiazole rings is 1. The van der Waals surface area contributed by atoms with Crippen molar-refractivity contribution in [2.75, 3.05) is 0 Å². The van der Waals surface area contributed by atoms with Gasteiger partial charge in [0.25, 0.3) is 5.91 Å². The summed E-state index contributed by atoms with van der Waals surface area (Å²) in [6.07, 6.45) is 5.15. The Labute approximate surface area is 92.9 Å². The van der Waals surface area contributed by atoms with Crippen LogP contribution in [0.5, 0.6) is 0 Å². The molecule has 1 heterocycles. The fourth-order valence-corrected chi connectivity index (χ4v) is 1.67. The third-order valence-electron chi connectivity index (χ3n) is 1.74. The van der Waals surface area contributed by atoms with E-state index in [1.807, 2.05) is 6.92 Å². The molecule has 0 saturated carbocycles. The Bertz CT molecular complexity index is 392. The number of nitrogens with two attached hydrogens (primary N) is 1.